The van der Waals surface area contributed by atoms with Gasteiger partial charge in [-0.2, -0.15) is 0 Å². The molecule has 0 aliphatic heterocycles. The highest BCUT2D eigenvalue weighted by molar-refractivity contribution is 5.66. The molecule has 0 radical (unpaired) electrons. The molecule has 0 fully saturated rings. The van der Waals surface area contributed by atoms with Crippen LogP contribution in [0.25, 0.3) is 0 Å². The van der Waals surface area contributed by atoms with Crippen LogP contribution in [-0.4, -0.2) is 15.0 Å². The molecular weight excluding hydrogens is 310 g/mol. The molecule has 0 bridgehead atoms. The maximum Gasteiger partial charge on any atom is 0.135 e. The van der Waals surface area contributed by atoms with Crippen molar-refractivity contribution in [3.8, 4) is 0 Å². The summed E-state index contributed by atoms with van der Waals surface area (Å²) in [5.41, 5.74) is 4.86. The average Bonchev–Trinajstić information content (AvgIpc) is 2.67. The Hall–Kier alpha value is -2.95. The summed E-state index contributed by atoms with van der Waals surface area (Å²) in [4.78, 5) is 12.8. The van der Waals surface area contributed by atoms with Crippen molar-refractivity contribution >= 4 is 17.3 Å². The predicted octanol–water partition coefficient (Wildman–Crippen LogP) is 4.35. The number of pyridine rings is 1. The minimum absolute atomic E-state index is 0.677. The third kappa shape index (κ3) is 4.32. The van der Waals surface area contributed by atoms with Gasteiger partial charge in [0.25, 0.3) is 0 Å². The van der Waals surface area contributed by atoms with E-state index in [-0.39, 0.29) is 0 Å². The van der Waals surface area contributed by atoms with Gasteiger partial charge in [-0.15, -0.1) is 0 Å². The number of nitrogens with one attached hydrogen (secondary N) is 2. The fraction of sp³-hybridized carbons (Fsp3) is 0.250. The van der Waals surface area contributed by atoms with Crippen molar-refractivity contribution in [2.75, 3.05) is 10.6 Å². The van der Waals surface area contributed by atoms with Crippen LogP contribution < -0.4 is 10.6 Å². The fourth-order valence-electron chi connectivity index (χ4n) is 2.75. The number of hydrogen-bond acceptors (Lipinski definition) is 5. The highest BCUT2D eigenvalue weighted by Gasteiger charge is 2.08. The van der Waals surface area contributed by atoms with E-state index in [1.807, 2.05) is 24.4 Å². The van der Waals surface area contributed by atoms with Crippen molar-refractivity contribution in [3.05, 3.63) is 71.8 Å². The summed E-state index contributed by atoms with van der Waals surface area (Å²) < 4.78 is 0. The number of nitrogens with zero attached hydrogens (tertiary/aromatic N) is 3. The first-order chi connectivity index (χ1) is 12.3. The molecule has 0 saturated heterocycles. The highest BCUT2D eigenvalue weighted by atomic mass is 15.1. The summed E-state index contributed by atoms with van der Waals surface area (Å²) >= 11 is 0. The number of hydrogen-bond donors (Lipinski definition) is 2. The summed E-state index contributed by atoms with van der Waals surface area (Å²) in [7, 11) is 0. The lowest BCUT2D eigenvalue weighted by molar-refractivity contribution is 1.06. The van der Waals surface area contributed by atoms with Crippen molar-refractivity contribution in [2.24, 2.45) is 0 Å². The molecule has 2 N–H and O–H groups in total. The van der Waals surface area contributed by atoms with E-state index in [9.17, 15) is 0 Å². The number of rotatable bonds is 7. The number of benzene rings is 1. The van der Waals surface area contributed by atoms with Crippen molar-refractivity contribution in [3.63, 3.8) is 0 Å². The molecule has 0 spiro atoms. The Bertz CT molecular complexity index is 795. The predicted molar refractivity (Wildman–Crippen MR) is 102 cm³/mol. The van der Waals surface area contributed by atoms with Gasteiger partial charge in [0.1, 0.15) is 18.0 Å². The number of aryl methyl sites for hydroxylation is 2. The van der Waals surface area contributed by atoms with Gasteiger partial charge in [-0.3, -0.25) is 4.98 Å². The Morgan fingerprint density at radius 1 is 0.920 bits per heavy atom. The third-order valence-corrected chi connectivity index (χ3v) is 4.12. The summed E-state index contributed by atoms with van der Waals surface area (Å²) in [5.74, 6) is 1.58. The summed E-state index contributed by atoms with van der Waals surface area (Å²) in [6.07, 6.45) is 7.15. The van der Waals surface area contributed by atoms with Crippen molar-refractivity contribution in [1.29, 1.82) is 0 Å². The van der Waals surface area contributed by atoms with E-state index >= 15 is 0 Å². The lowest BCUT2D eigenvalue weighted by atomic mass is 10.0. The number of anilines is 3. The molecule has 0 atom stereocenters. The Balaban J connectivity index is 1.76. The number of para-hydroxylation sites is 1. The monoisotopic (exact) mass is 333 g/mol. The van der Waals surface area contributed by atoms with Gasteiger partial charge in [-0.1, -0.05) is 38.1 Å². The first-order valence-corrected chi connectivity index (χ1v) is 8.62. The van der Waals surface area contributed by atoms with E-state index < -0.39 is 0 Å². The van der Waals surface area contributed by atoms with Crippen LogP contribution in [0.3, 0.4) is 0 Å². The third-order valence-electron chi connectivity index (χ3n) is 4.12. The first kappa shape index (κ1) is 16.9. The maximum absolute atomic E-state index is 4.37. The lowest BCUT2D eigenvalue weighted by Crippen LogP contribution is -2.05. The standard InChI is InChI=1S/C20H23N5/c1-3-16-8-5-9-17(4-2)20(16)25-19-11-18(23-14-24-19)22-13-15-7-6-10-21-12-15/h5-12,14H,3-4,13H2,1-2H3,(H2,22,23,24,25). The van der Waals surface area contributed by atoms with Gasteiger partial charge >= 0.3 is 0 Å². The zero-order chi connectivity index (χ0) is 17.5. The van der Waals surface area contributed by atoms with Gasteiger partial charge in [0.05, 0.1) is 0 Å². The summed E-state index contributed by atoms with van der Waals surface area (Å²) in [5, 5.41) is 6.79. The molecule has 0 amide bonds. The number of aromatic nitrogens is 3. The lowest BCUT2D eigenvalue weighted by Gasteiger charge is -2.15. The van der Waals surface area contributed by atoms with E-state index in [0.29, 0.717) is 6.54 Å². The van der Waals surface area contributed by atoms with Crippen molar-refractivity contribution in [1.82, 2.24) is 15.0 Å². The molecule has 1 aromatic carbocycles. The van der Waals surface area contributed by atoms with Crippen LogP contribution in [0.15, 0.2) is 55.1 Å². The van der Waals surface area contributed by atoms with Crippen LogP contribution in [-0.2, 0) is 19.4 Å². The van der Waals surface area contributed by atoms with Crippen LogP contribution in [0.2, 0.25) is 0 Å². The van der Waals surface area contributed by atoms with E-state index in [2.05, 4.69) is 57.6 Å². The molecule has 128 valence electrons. The van der Waals surface area contributed by atoms with Gasteiger partial charge < -0.3 is 10.6 Å². The summed E-state index contributed by atoms with van der Waals surface area (Å²) in [6.45, 7) is 5.01. The van der Waals surface area contributed by atoms with Gasteiger partial charge in [0.15, 0.2) is 0 Å². The second-order valence-electron chi connectivity index (χ2n) is 5.79. The molecule has 0 aliphatic carbocycles. The summed E-state index contributed by atoms with van der Waals surface area (Å²) in [6, 6.07) is 12.3. The minimum atomic E-state index is 0.677. The van der Waals surface area contributed by atoms with E-state index in [4.69, 9.17) is 0 Å². The second-order valence-corrected chi connectivity index (χ2v) is 5.79. The molecule has 5 nitrogen and oxygen atoms in total. The van der Waals surface area contributed by atoms with Crippen LogP contribution in [0.5, 0.6) is 0 Å². The quantitative estimate of drug-likeness (QED) is 0.673. The van der Waals surface area contributed by atoms with Crippen molar-refractivity contribution < 1.29 is 0 Å². The van der Waals surface area contributed by atoms with Crippen LogP contribution in [0, 0.1) is 0 Å². The molecule has 25 heavy (non-hydrogen) atoms. The molecule has 0 aliphatic rings. The topological polar surface area (TPSA) is 62.7 Å². The Labute approximate surface area is 148 Å². The van der Waals surface area contributed by atoms with Crippen LogP contribution in [0.1, 0.15) is 30.5 Å². The fourth-order valence-corrected chi connectivity index (χ4v) is 2.75. The molecule has 3 rings (SSSR count). The maximum atomic E-state index is 4.37. The van der Waals surface area contributed by atoms with Gasteiger partial charge in [-0.25, -0.2) is 9.97 Å². The zero-order valence-electron chi connectivity index (χ0n) is 14.7. The minimum Gasteiger partial charge on any atom is -0.366 e. The molecule has 2 heterocycles. The van der Waals surface area contributed by atoms with E-state index in [1.54, 1.807) is 12.5 Å². The van der Waals surface area contributed by atoms with Crippen LogP contribution in [0.4, 0.5) is 17.3 Å². The zero-order valence-corrected chi connectivity index (χ0v) is 14.7. The highest BCUT2D eigenvalue weighted by Crippen LogP contribution is 2.26. The van der Waals surface area contributed by atoms with E-state index in [1.165, 1.54) is 11.1 Å². The Kier molecular flexibility index (Phi) is 5.57. The first-order valence-electron chi connectivity index (χ1n) is 8.62. The Morgan fingerprint density at radius 3 is 2.36 bits per heavy atom. The second kappa shape index (κ2) is 8.24. The molecule has 2 aromatic heterocycles. The van der Waals surface area contributed by atoms with Gasteiger partial charge in [0.2, 0.25) is 0 Å². The van der Waals surface area contributed by atoms with Crippen LogP contribution >= 0.6 is 0 Å². The molecular formula is C20H23N5. The average molecular weight is 333 g/mol. The normalized spacial score (nSPS) is 10.5. The van der Waals surface area contributed by atoms with E-state index in [0.717, 1.165) is 35.7 Å². The molecule has 3 aromatic rings. The molecule has 0 unspecified atom stereocenters. The smallest absolute Gasteiger partial charge is 0.135 e. The van der Waals surface area contributed by atoms with Crippen molar-refractivity contribution in [2.45, 2.75) is 33.2 Å². The van der Waals surface area contributed by atoms with Gasteiger partial charge in [0, 0.05) is 30.7 Å². The largest absolute Gasteiger partial charge is 0.366 e. The van der Waals surface area contributed by atoms with Gasteiger partial charge in [-0.05, 0) is 35.6 Å². The molecule has 0 saturated carbocycles. The molecule has 5 heteroatoms. The SMILES string of the molecule is CCc1cccc(CC)c1Nc1cc(NCc2cccnc2)ncn1. The Morgan fingerprint density at radius 2 is 1.68 bits per heavy atom.